The number of hydrogen-bond donors (Lipinski definition) is 0. The highest BCUT2D eigenvalue weighted by Crippen LogP contribution is 2.41. The molecule has 2 aliphatic rings. The van der Waals surface area contributed by atoms with Gasteiger partial charge in [-0.1, -0.05) is 0 Å². The molecule has 0 aliphatic carbocycles. The Morgan fingerprint density at radius 3 is 2.54 bits per heavy atom. The molecule has 0 unspecified atom stereocenters. The maximum atomic E-state index is 13.0. The lowest BCUT2D eigenvalue weighted by Gasteiger charge is -2.41. The van der Waals surface area contributed by atoms with E-state index in [-0.39, 0.29) is 29.3 Å². The van der Waals surface area contributed by atoms with Crippen LogP contribution in [-0.2, 0) is 4.79 Å². The van der Waals surface area contributed by atoms with Crippen molar-refractivity contribution in [1.29, 1.82) is 0 Å². The number of nitrogens with zero attached hydrogens (tertiary/aromatic N) is 3. The van der Waals surface area contributed by atoms with Crippen LogP contribution in [0.25, 0.3) is 0 Å². The normalized spacial score (nSPS) is 24.7. The molecule has 1 aromatic rings. The lowest BCUT2D eigenvalue weighted by atomic mass is 9.78. The molecule has 1 spiro atoms. The number of aromatic nitrogens is 1. The number of amides is 2. The Hall–Kier alpha value is -1.78. The third-order valence-corrected chi connectivity index (χ3v) is 5.59. The molecule has 5 nitrogen and oxygen atoms in total. The van der Waals surface area contributed by atoms with E-state index in [0.29, 0.717) is 13.1 Å². The van der Waals surface area contributed by atoms with E-state index >= 15 is 0 Å². The van der Waals surface area contributed by atoms with Crippen molar-refractivity contribution in [3.63, 3.8) is 0 Å². The smallest absolute Gasteiger partial charge is 0.270 e. The number of piperidine rings is 1. The minimum absolute atomic E-state index is 0.0556. The molecule has 2 fully saturated rings. The zero-order valence-electron chi connectivity index (χ0n) is 15.3. The number of carbonyl (C=O) groups is 2. The average molecular weight is 331 g/mol. The molecule has 0 saturated carbocycles. The lowest BCUT2D eigenvalue weighted by Crippen LogP contribution is -2.52. The first-order chi connectivity index (χ1) is 11.4. The molecule has 5 heteroatoms. The third kappa shape index (κ3) is 2.74. The molecule has 0 N–H and O–H groups in total. The molecule has 3 heterocycles. The highest BCUT2D eigenvalue weighted by Gasteiger charge is 2.50. The number of rotatable bonds is 3. The monoisotopic (exact) mass is 331 g/mol. The molecule has 3 rings (SSSR count). The lowest BCUT2D eigenvalue weighted by molar-refractivity contribution is -0.147. The Bertz CT molecular complexity index is 634. The van der Waals surface area contributed by atoms with E-state index in [2.05, 4.69) is 27.7 Å². The van der Waals surface area contributed by atoms with Crippen molar-refractivity contribution >= 4 is 11.8 Å². The van der Waals surface area contributed by atoms with Crippen molar-refractivity contribution in [2.75, 3.05) is 19.6 Å². The van der Waals surface area contributed by atoms with Crippen LogP contribution in [0.4, 0.5) is 0 Å². The average Bonchev–Trinajstić information content (AvgIpc) is 3.17. The zero-order valence-corrected chi connectivity index (χ0v) is 15.3. The van der Waals surface area contributed by atoms with Crippen molar-refractivity contribution in [2.24, 2.45) is 5.41 Å². The first-order valence-electron chi connectivity index (χ1n) is 9.13. The summed E-state index contributed by atoms with van der Waals surface area (Å²) in [5.41, 5.74) is 0.374. The minimum atomic E-state index is -0.354. The van der Waals surface area contributed by atoms with Crippen LogP contribution >= 0.6 is 0 Å². The fourth-order valence-corrected chi connectivity index (χ4v) is 4.21. The van der Waals surface area contributed by atoms with E-state index in [1.807, 2.05) is 32.7 Å². The van der Waals surface area contributed by atoms with Gasteiger partial charge in [-0.2, -0.15) is 0 Å². The van der Waals surface area contributed by atoms with Crippen LogP contribution in [0.5, 0.6) is 0 Å². The molecule has 2 saturated heterocycles. The molecule has 2 amide bonds. The predicted octanol–water partition coefficient (Wildman–Crippen LogP) is 2.93. The van der Waals surface area contributed by atoms with E-state index in [0.717, 1.165) is 31.5 Å². The number of carbonyl (C=O) groups excluding carboxylic acids is 2. The van der Waals surface area contributed by atoms with Gasteiger partial charge in [0.2, 0.25) is 5.91 Å². The van der Waals surface area contributed by atoms with Gasteiger partial charge in [-0.15, -0.1) is 0 Å². The summed E-state index contributed by atoms with van der Waals surface area (Å²) in [5.74, 6) is 0.304. The predicted molar refractivity (Wildman–Crippen MR) is 93.9 cm³/mol. The molecule has 2 aliphatic heterocycles. The molecule has 1 atom stereocenters. The summed E-state index contributed by atoms with van der Waals surface area (Å²) < 4.78 is 2.01. The largest absolute Gasteiger partial charge is 0.341 e. The Balaban J connectivity index is 1.78. The van der Waals surface area contributed by atoms with Gasteiger partial charge in [-0.3, -0.25) is 9.59 Å². The van der Waals surface area contributed by atoms with Gasteiger partial charge in [0.05, 0.1) is 5.41 Å². The second-order valence-corrected chi connectivity index (χ2v) is 7.85. The molecule has 0 bridgehead atoms. The molecule has 24 heavy (non-hydrogen) atoms. The van der Waals surface area contributed by atoms with Crippen LogP contribution in [0, 0.1) is 5.41 Å². The van der Waals surface area contributed by atoms with E-state index in [4.69, 9.17) is 0 Å². The maximum Gasteiger partial charge on any atom is 0.270 e. The highest BCUT2D eigenvalue weighted by molar-refractivity contribution is 5.94. The second kappa shape index (κ2) is 6.26. The molecule has 132 valence electrons. The van der Waals surface area contributed by atoms with Crippen LogP contribution in [0.3, 0.4) is 0 Å². The summed E-state index contributed by atoms with van der Waals surface area (Å²) in [6, 6.07) is 4.29. The summed E-state index contributed by atoms with van der Waals surface area (Å²) in [6.45, 7) is 10.4. The van der Waals surface area contributed by atoms with Gasteiger partial charge in [0.1, 0.15) is 5.69 Å². The number of hydrogen-bond acceptors (Lipinski definition) is 2. The van der Waals surface area contributed by atoms with Crippen molar-refractivity contribution in [1.82, 2.24) is 14.4 Å². The van der Waals surface area contributed by atoms with Crippen LogP contribution in [0.1, 0.15) is 63.5 Å². The zero-order chi connectivity index (χ0) is 17.5. The van der Waals surface area contributed by atoms with E-state index in [1.165, 1.54) is 0 Å². The van der Waals surface area contributed by atoms with Crippen LogP contribution in [-0.4, -0.2) is 51.9 Å². The maximum absolute atomic E-state index is 13.0. The third-order valence-electron chi connectivity index (χ3n) is 5.59. The quantitative estimate of drug-likeness (QED) is 0.855. The topological polar surface area (TPSA) is 45.5 Å². The van der Waals surface area contributed by atoms with Gasteiger partial charge in [0.25, 0.3) is 5.91 Å². The van der Waals surface area contributed by atoms with E-state index in [1.54, 1.807) is 0 Å². The summed E-state index contributed by atoms with van der Waals surface area (Å²) in [7, 11) is 0. The molecular formula is C19H29N3O2. The minimum Gasteiger partial charge on any atom is -0.341 e. The van der Waals surface area contributed by atoms with E-state index < -0.39 is 0 Å². The molecule has 0 radical (unpaired) electrons. The Morgan fingerprint density at radius 1 is 1.12 bits per heavy atom. The van der Waals surface area contributed by atoms with Gasteiger partial charge in [0.15, 0.2) is 0 Å². The first kappa shape index (κ1) is 17.1. The summed E-state index contributed by atoms with van der Waals surface area (Å²) in [5, 5.41) is 0. The van der Waals surface area contributed by atoms with Gasteiger partial charge >= 0.3 is 0 Å². The van der Waals surface area contributed by atoms with Gasteiger partial charge < -0.3 is 14.4 Å². The fraction of sp³-hybridized carbons (Fsp3) is 0.684. The van der Waals surface area contributed by atoms with Gasteiger partial charge in [-0.25, -0.2) is 0 Å². The Kier molecular flexibility index (Phi) is 4.45. The SMILES string of the molecule is CC(C)N1CCC[C@@]2(CCN(C(=O)c3cccn3C(C)C)C2)C1=O. The standard InChI is InChI=1S/C19H29N3O2/c1-14(2)21-10-5-7-16(21)17(23)20-12-9-19(13-20)8-6-11-22(15(3)4)18(19)24/h5,7,10,14-15H,6,8-9,11-13H2,1-4H3/t19-/m0/s1. The second-order valence-electron chi connectivity index (χ2n) is 7.85. The van der Waals surface area contributed by atoms with Gasteiger partial charge in [0, 0.05) is 37.9 Å². The molecule has 1 aromatic heterocycles. The summed E-state index contributed by atoms with van der Waals surface area (Å²) in [6.07, 6.45) is 4.69. The van der Waals surface area contributed by atoms with Gasteiger partial charge in [-0.05, 0) is 59.1 Å². The van der Waals surface area contributed by atoms with Crippen molar-refractivity contribution in [3.05, 3.63) is 24.0 Å². The van der Waals surface area contributed by atoms with Crippen molar-refractivity contribution in [3.8, 4) is 0 Å². The van der Waals surface area contributed by atoms with E-state index in [9.17, 15) is 9.59 Å². The van der Waals surface area contributed by atoms with Crippen molar-refractivity contribution < 1.29 is 9.59 Å². The summed E-state index contributed by atoms with van der Waals surface area (Å²) in [4.78, 5) is 29.8. The van der Waals surface area contributed by atoms with Crippen molar-refractivity contribution in [2.45, 2.75) is 59.0 Å². The first-order valence-corrected chi connectivity index (χ1v) is 9.13. The number of likely N-dealkylation sites (tertiary alicyclic amines) is 2. The van der Waals surface area contributed by atoms with Crippen LogP contribution in [0.15, 0.2) is 18.3 Å². The summed E-state index contributed by atoms with van der Waals surface area (Å²) >= 11 is 0. The molecule has 0 aromatic carbocycles. The highest BCUT2D eigenvalue weighted by atomic mass is 16.2. The Labute approximate surface area is 144 Å². The van der Waals surface area contributed by atoms with Crippen LogP contribution < -0.4 is 0 Å². The fourth-order valence-electron chi connectivity index (χ4n) is 4.21. The van der Waals surface area contributed by atoms with Crippen LogP contribution in [0.2, 0.25) is 0 Å². The Morgan fingerprint density at radius 2 is 1.88 bits per heavy atom. The molecular weight excluding hydrogens is 302 g/mol.